The number of nitrogens with two attached hydrogens (primary N) is 1. The molecule has 6 heteroatoms. The molecule has 1 aliphatic carbocycles. The maximum Gasteiger partial charge on any atom is 0.240 e. The number of halogens is 1. The van der Waals surface area contributed by atoms with Gasteiger partial charge in [-0.05, 0) is 37.0 Å². The molecule has 4 nitrogen and oxygen atoms in total. The molecule has 1 aliphatic rings. The highest BCUT2D eigenvalue weighted by Crippen LogP contribution is 2.28. The predicted octanol–water partition coefficient (Wildman–Crippen LogP) is 1.21. The number of benzene rings is 1. The third-order valence-corrected chi connectivity index (χ3v) is 4.79. The van der Waals surface area contributed by atoms with Crippen molar-refractivity contribution >= 4 is 10.0 Å². The van der Waals surface area contributed by atoms with Crippen molar-refractivity contribution in [2.75, 3.05) is 6.54 Å². The number of hydrogen-bond donors (Lipinski definition) is 2. The Balaban J connectivity index is 2.18. The summed E-state index contributed by atoms with van der Waals surface area (Å²) in [6.07, 6.45) is 1.64. The lowest BCUT2D eigenvalue weighted by molar-refractivity contribution is 0.270. The van der Waals surface area contributed by atoms with Crippen LogP contribution in [0.3, 0.4) is 0 Å². The molecular weight excluding hydrogens is 279 g/mol. The van der Waals surface area contributed by atoms with E-state index in [1.165, 1.54) is 12.1 Å². The fraction of sp³-hybridized carbons (Fsp3) is 0.429. The zero-order chi connectivity index (χ0) is 14.8. The molecule has 0 spiro atoms. The van der Waals surface area contributed by atoms with Gasteiger partial charge in [-0.15, -0.1) is 0 Å². The van der Waals surface area contributed by atoms with E-state index in [9.17, 15) is 12.8 Å². The fourth-order valence-corrected chi connectivity index (χ4v) is 3.47. The van der Waals surface area contributed by atoms with E-state index in [2.05, 4.69) is 23.5 Å². The van der Waals surface area contributed by atoms with Crippen LogP contribution in [0.2, 0.25) is 0 Å². The van der Waals surface area contributed by atoms with Crippen LogP contribution in [0.15, 0.2) is 23.1 Å². The van der Waals surface area contributed by atoms with E-state index in [-0.39, 0.29) is 23.0 Å². The van der Waals surface area contributed by atoms with E-state index in [4.69, 9.17) is 5.73 Å². The first-order valence-electron chi connectivity index (χ1n) is 6.43. The third kappa shape index (κ3) is 3.37. The first-order chi connectivity index (χ1) is 9.42. The summed E-state index contributed by atoms with van der Waals surface area (Å²) in [5, 5.41) is 0. The molecule has 20 heavy (non-hydrogen) atoms. The number of rotatable bonds is 3. The maximum absolute atomic E-state index is 13.8. The van der Waals surface area contributed by atoms with E-state index in [1.807, 2.05) is 0 Å². The van der Waals surface area contributed by atoms with Gasteiger partial charge in [0.15, 0.2) is 0 Å². The highest BCUT2D eigenvalue weighted by atomic mass is 32.2. The molecule has 1 aromatic rings. The second kappa shape index (κ2) is 5.92. The Hall–Kier alpha value is -1.42. The number of sulfonamides is 1. The third-order valence-electron chi connectivity index (χ3n) is 3.27. The van der Waals surface area contributed by atoms with Crippen LogP contribution in [0, 0.1) is 23.6 Å². The van der Waals surface area contributed by atoms with Crippen molar-refractivity contribution < 1.29 is 12.8 Å². The molecule has 0 unspecified atom stereocenters. The van der Waals surface area contributed by atoms with E-state index in [1.54, 1.807) is 0 Å². The van der Waals surface area contributed by atoms with Gasteiger partial charge in [-0.1, -0.05) is 18.8 Å². The van der Waals surface area contributed by atoms with Crippen LogP contribution < -0.4 is 10.5 Å². The largest absolute Gasteiger partial charge is 0.320 e. The first-order valence-corrected chi connectivity index (χ1v) is 7.91. The molecule has 0 heterocycles. The zero-order valence-corrected chi connectivity index (χ0v) is 12.0. The van der Waals surface area contributed by atoms with Crippen molar-refractivity contribution in [1.82, 2.24) is 4.72 Å². The second-order valence-electron chi connectivity index (χ2n) is 5.04. The average Bonchev–Trinajstić information content (AvgIpc) is 2.35. The lowest BCUT2D eigenvalue weighted by Crippen LogP contribution is -2.43. The maximum atomic E-state index is 13.8. The summed E-state index contributed by atoms with van der Waals surface area (Å²) in [6.45, 7) is 2.19. The molecule has 1 fully saturated rings. The van der Waals surface area contributed by atoms with E-state index >= 15 is 0 Å². The first kappa shape index (κ1) is 15.0. The van der Waals surface area contributed by atoms with Crippen LogP contribution in [-0.4, -0.2) is 21.0 Å². The standard InChI is InChI=1S/C14H17FN2O2S/c1-10-7-12(8-10)17-20(18,19)13-5-4-11(3-2-6-16)14(15)9-13/h4-5,9-10,12,17H,6-8,16H2,1H3. The van der Waals surface area contributed by atoms with Gasteiger partial charge in [0.1, 0.15) is 5.82 Å². The lowest BCUT2D eigenvalue weighted by Gasteiger charge is -2.32. The van der Waals surface area contributed by atoms with Crippen LogP contribution in [0.5, 0.6) is 0 Å². The van der Waals surface area contributed by atoms with Gasteiger partial charge in [0.2, 0.25) is 10.0 Å². The highest BCUT2D eigenvalue weighted by Gasteiger charge is 2.30. The van der Waals surface area contributed by atoms with Crippen LogP contribution in [-0.2, 0) is 10.0 Å². The topological polar surface area (TPSA) is 72.2 Å². The SMILES string of the molecule is CC1CC(NS(=O)(=O)c2ccc(C#CCN)c(F)c2)C1. The molecule has 0 amide bonds. The van der Waals surface area contributed by atoms with Crippen molar-refractivity contribution in [1.29, 1.82) is 0 Å². The molecule has 1 saturated carbocycles. The molecule has 0 aromatic heterocycles. The van der Waals surface area contributed by atoms with Crippen molar-refractivity contribution in [3.63, 3.8) is 0 Å². The summed E-state index contributed by atoms with van der Waals surface area (Å²) in [7, 11) is -3.67. The van der Waals surface area contributed by atoms with Crippen LogP contribution in [0.4, 0.5) is 4.39 Å². The smallest absolute Gasteiger partial charge is 0.240 e. The monoisotopic (exact) mass is 296 g/mol. The van der Waals surface area contributed by atoms with Crippen LogP contribution in [0.25, 0.3) is 0 Å². The number of hydrogen-bond acceptors (Lipinski definition) is 3. The Bertz CT molecular complexity index is 655. The van der Waals surface area contributed by atoms with Gasteiger partial charge >= 0.3 is 0 Å². The molecule has 1 aromatic carbocycles. The minimum Gasteiger partial charge on any atom is -0.320 e. The van der Waals surface area contributed by atoms with Crippen molar-refractivity contribution in [3.05, 3.63) is 29.6 Å². The summed E-state index contributed by atoms with van der Waals surface area (Å²) >= 11 is 0. The number of nitrogens with one attached hydrogen (secondary N) is 1. The summed E-state index contributed by atoms with van der Waals surface area (Å²) in [4.78, 5) is -0.0761. The van der Waals surface area contributed by atoms with Gasteiger partial charge in [-0.2, -0.15) is 0 Å². The normalized spacial score (nSPS) is 21.8. The average molecular weight is 296 g/mol. The second-order valence-corrected chi connectivity index (χ2v) is 6.76. The van der Waals surface area contributed by atoms with Gasteiger partial charge in [-0.25, -0.2) is 17.5 Å². The Kier molecular flexibility index (Phi) is 4.43. The molecule has 2 rings (SSSR count). The Labute approximate surface area is 118 Å². The Morgan fingerprint density at radius 2 is 2.15 bits per heavy atom. The zero-order valence-electron chi connectivity index (χ0n) is 11.2. The molecule has 0 atom stereocenters. The Morgan fingerprint density at radius 3 is 2.70 bits per heavy atom. The fourth-order valence-electron chi connectivity index (χ4n) is 2.20. The van der Waals surface area contributed by atoms with Crippen molar-refractivity contribution in [2.24, 2.45) is 11.7 Å². The van der Waals surface area contributed by atoms with Gasteiger partial charge in [0, 0.05) is 6.04 Å². The molecule has 3 N–H and O–H groups in total. The summed E-state index contributed by atoms with van der Waals surface area (Å²) in [5.41, 5.74) is 5.36. The summed E-state index contributed by atoms with van der Waals surface area (Å²) in [6, 6.07) is 3.66. The minimum atomic E-state index is -3.67. The molecule has 0 saturated heterocycles. The van der Waals surface area contributed by atoms with E-state index in [0.717, 1.165) is 18.9 Å². The van der Waals surface area contributed by atoms with Gasteiger partial charge in [0.05, 0.1) is 17.0 Å². The highest BCUT2D eigenvalue weighted by molar-refractivity contribution is 7.89. The van der Waals surface area contributed by atoms with Gasteiger partial charge in [-0.3, -0.25) is 0 Å². The summed E-state index contributed by atoms with van der Waals surface area (Å²) in [5.74, 6) is 4.97. The van der Waals surface area contributed by atoms with Crippen molar-refractivity contribution in [3.8, 4) is 11.8 Å². The summed E-state index contributed by atoms with van der Waals surface area (Å²) < 4.78 is 40.5. The van der Waals surface area contributed by atoms with Crippen LogP contribution in [0.1, 0.15) is 25.3 Å². The minimum absolute atomic E-state index is 0.0465. The molecule has 0 radical (unpaired) electrons. The molecule has 0 aliphatic heterocycles. The van der Waals surface area contributed by atoms with Crippen molar-refractivity contribution in [2.45, 2.75) is 30.7 Å². The molecular formula is C14H17FN2O2S. The molecule has 108 valence electrons. The lowest BCUT2D eigenvalue weighted by atomic mass is 9.83. The van der Waals surface area contributed by atoms with E-state index < -0.39 is 15.8 Å². The predicted molar refractivity (Wildman–Crippen MR) is 74.8 cm³/mol. The van der Waals surface area contributed by atoms with Crippen LogP contribution >= 0.6 is 0 Å². The Morgan fingerprint density at radius 1 is 1.45 bits per heavy atom. The van der Waals surface area contributed by atoms with Gasteiger partial charge < -0.3 is 5.73 Å². The van der Waals surface area contributed by atoms with Gasteiger partial charge in [0.25, 0.3) is 0 Å². The quantitative estimate of drug-likeness (QED) is 0.824. The van der Waals surface area contributed by atoms with E-state index in [0.29, 0.717) is 5.92 Å². The molecule has 0 bridgehead atoms.